The second-order valence-electron chi connectivity index (χ2n) is 6.95. The van der Waals surface area contributed by atoms with Gasteiger partial charge in [0.2, 0.25) is 0 Å². The minimum Gasteiger partial charge on any atom is -0.487 e. The van der Waals surface area contributed by atoms with E-state index in [-0.39, 0.29) is 0 Å². The predicted octanol–water partition coefficient (Wildman–Crippen LogP) is 6.53. The molecule has 1 amide bonds. The molecule has 4 nitrogen and oxygen atoms in total. The monoisotopic (exact) mass is 650 g/mol. The zero-order valence-corrected chi connectivity index (χ0v) is 21.0. The predicted molar refractivity (Wildman–Crippen MR) is 142 cm³/mol. The molecule has 0 fully saturated rings. The maximum Gasteiger partial charge on any atom is 0.271 e. The topological polar surface area (TPSA) is 50.7 Å². The lowest BCUT2D eigenvalue weighted by Crippen LogP contribution is -2.17. The fourth-order valence-corrected chi connectivity index (χ4v) is 5.32. The van der Waals surface area contributed by atoms with E-state index in [4.69, 9.17) is 4.74 Å². The Morgan fingerprint density at radius 2 is 1.66 bits per heavy atom. The van der Waals surface area contributed by atoms with Gasteiger partial charge in [0.25, 0.3) is 5.91 Å². The van der Waals surface area contributed by atoms with Gasteiger partial charge >= 0.3 is 0 Å². The number of benzene rings is 4. The van der Waals surface area contributed by atoms with E-state index in [0.717, 1.165) is 24.0 Å². The van der Waals surface area contributed by atoms with Crippen molar-refractivity contribution < 1.29 is 13.9 Å². The third-order valence-electron chi connectivity index (χ3n) is 4.76. The van der Waals surface area contributed by atoms with Crippen molar-refractivity contribution in [3.63, 3.8) is 0 Å². The zero-order chi connectivity index (χ0) is 22.5. The van der Waals surface area contributed by atoms with Crippen LogP contribution in [-0.4, -0.2) is 12.1 Å². The van der Waals surface area contributed by atoms with Crippen LogP contribution < -0.4 is 10.2 Å². The van der Waals surface area contributed by atoms with Crippen molar-refractivity contribution in [3.05, 3.63) is 109 Å². The van der Waals surface area contributed by atoms with E-state index in [1.807, 2.05) is 30.3 Å². The summed E-state index contributed by atoms with van der Waals surface area (Å²) in [6.45, 7) is 0.467. The molecule has 0 radical (unpaired) electrons. The molecule has 0 unspecified atom stereocenters. The number of halogens is 3. The summed E-state index contributed by atoms with van der Waals surface area (Å²) in [7, 11) is 0. The molecule has 0 aliphatic carbocycles. The number of fused-ring (bicyclic) bond motifs is 1. The van der Waals surface area contributed by atoms with Crippen LogP contribution in [0.2, 0.25) is 0 Å². The maximum atomic E-state index is 13.0. The van der Waals surface area contributed by atoms with Crippen molar-refractivity contribution in [1.29, 1.82) is 0 Å². The molecule has 0 aliphatic heterocycles. The van der Waals surface area contributed by atoms with Gasteiger partial charge in [-0.3, -0.25) is 4.79 Å². The summed E-state index contributed by atoms with van der Waals surface area (Å²) in [5, 5.41) is 6.38. The average molecular weight is 650 g/mol. The maximum absolute atomic E-state index is 13.0. The first-order valence-electron chi connectivity index (χ1n) is 9.69. The smallest absolute Gasteiger partial charge is 0.271 e. The van der Waals surface area contributed by atoms with Crippen LogP contribution in [0.3, 0.4) is 0 Å². The Morgan fingerprint density at radius 1 is 0.969 bits per heavy atom. The number of carbonyl (C=O) groups excluding carboxylic acids is 1. The average Bonchev–Trinajstić information content (AvgIpc) is 2.79. The van der Waals surface area contributed by atoms with Crippen LogP contribution in [0, 0.1) is 13.0 Å². The molecular weight excluding hydrogens is 633 g/mol. The largest absolute Gasteiger partial charge is 0.487 e. The highest BCUT2D eigenvalue weighted by Gasteiger charge is 2.10. The van der Waals surface area contributed by atoms with Crippen LogP contribution in [0.4, 0.5) is 4.39 Å². The quantitative estimate of drug-likeness (QED) is 0.147. The molecule has 160 valence electrons. The Hall–Kier alpha value is -2.53. The van der Waals surface area contributed by atoms with Crippen molar-refractivity contribution in [2.45, 2.75) is 6.61 Å². The molecule has 0 bridgehead atoms. The van der Waals surface area contributed by atoms with E-state index in [1.165, 1.54) is 35.0 Å². The second kappa shape index (κ2) is 10.4. The van der Waals surface area contributed by atoms with Crippen LogP contribution in [0.15, 0.2) is 84.0 Å². The highest BCUT2D eigenvalue weighted by molar-refractivity contribution is 14.1. The highest BCUT2D eigenvalue weighted by Crippen LogP contribution is 2.30. The van der Waals surface area contributed by atoms with E-state index in [9.17, 15) is 9.18 Å². The molecular formula is C25H17FI2N2O2. The van der Waals surface area contributed by atoms with Crippen LogP contribution in [0.5, 0.6) is 5.75 Å². The number of nitrogens with one attached hydrogen (secondary N) is 1. The van der Waals surface area contributed by atoms with Gasteiger partial charge in [-0.05, 0) is 103 Å². The molecule has 0 aromatic heterocycles. The first-order valence-corrected chi connectivity index (χ1v) is 11.8. The van der Waals surface area contributed by atoms with Crippen molar-refractivity contribution >= 4 is 68.1 Å². The van der Waals surface area contributed by atoms with E-state index in [1.54, 1.807) is 6.21 Å². The van der Waals surface area contributed by atoms with Gasteiger partial charge in [-0.1, -0.05) is 42.5 Å². The summed E-state index contributed by atoms with van der Waals surface area (Å²) in [6.07, 6.45) is 1.57. The van der Waals surface area contributed by atoms with Crippen molar-refractivity contribution in [1.82, 2.24) is 5.43 Å². The van der Waals surface area contributed by atoms with Crippen molar-refractivity contribution in [2.24, 2.45) is 5.10 Å². The highest BCUT2D eigenvalue weighted by atomic mass is 127. The summed E-state index contributed by atoms with van der Waals surface area (Å²) in [4.78, 5) is 12.1. The minimum atomic E-state index is -0.402. The van der Waals surface area contributed by atoms with E-state index < -0.39 is 11.7 Å². The van der Waals surface area contributed by atoms with Gasteiger partial charge in [-0.2, -0.15) is 5.10 Å². The van der Waals surface area contributed by atoms with Gasteiger partial charge in [0.05, 0.1) is 13.4 Å². The van der Waals surface area contributed by atoms with Gasteiger partial charge in [0, 0.05) is 5.56 Å². The molecule has 4 rings (SSSR count). The van der Waals surface area contributed by atoms with Gasteiger partial charge in [-0.25, -0.2) is 9.82 Å². The molecule has 0 spiro atoms. The van der Waals surface area contributed by atoms with E-state index in [0.29, 0.717) is 12.2 Å². The minimum absolute atomic E-state index is 0.338. The SMILES string of the molecule is O=C(N/N=C\c1cc(I)c(OCc2cccc3ccccc23)c(I)c1)c1ccc(F)cc1. The Morgan fingerprint density at radius 3 is 2.41 bits per heavy atom. The van der Waals surface area contributed by atoms with Gasteiger partial charge in [0.15, 0.2) is 0 Å². The molecule has 0 saturated carbocycles. The number of carbonyl (C=O) groups is 1. The Kier molecular flexibility index (Phi) is 7.36. The molecule has 1 N–H and O–H groups in total. The first kappa shape index (κ1) is 22.7. The van der Waals surface area contributed by atoms with Crippen LogP contribution in [0.1, 0.15) is 21.5 Å². The lowest BCUT2D eigenvalue weighted by Gasteiger charge is -2.13. The van der Waals surface area contributed by atoms with Gasteiger partial charge in [-0.15, -0.1) is 0 Å². The molecule has 4 aromatic carbocycles. The molecule has 0 heterocycles. The molecule has 7 heteroatoms. The Labute approximate surface area is 212 Å². The third kappa shape index (κ3) is 5.44. The number of ether oxygens (including phenoxy) is 1. The third-order valence-corrected chi connectivity index (χ3v) is 6.36. The summed E-state index contributed by atoms with van der Waals surface area (Å²) < 4.78 is 21.0. The van der Waals surface area contributed by atoms with Crippen molar-refractivity contribution in [3.8, 4) is 5.75 Å². The number of rotatable bonds is 6. The summed E-state index contributed by atoms with van der Waals surface area (Å²) in [6, 6.07) is 23.6. The number of hydrogen-bond acceptors (Lipinski definition) is 3. The Balaban J connectivity index is 1.44. The number of nitrogens with zero attached hydrogens (tertiary/aromatic N) is 1. The lowest BCUT2D eigenvalue weighted by molar-refractivity contribution is 0.0955. The van der Waals surface area contributed by atoms with E-state index >= 15 is 0 Å². The fraction of sp³-hybridized carbons (Fsp3) is 0.0400. The molecule has 32 heavy (non-hydrogen) atoms. The molecule has 0 atom stereocenters. The van der Waals surface area contributed by atoms with Crippen LogP contribution >= 0.6 is 45.2 Å². The number of hydrazone groups is 1. The summed E-state index contributed by atoms with van der Waals surface area (Å²) >= 11 is 4.47. The molecule has 0 aliphatic rings. The van der Waals surface area contributed by atoms with Crippen LogP contribution in [-0.2, 0) is 6.61 Å². The fourth-order valence-electron chi connectivity index (χ4n) is 3.19. The van der Waals surface area contributed by atoms with Gasteiger partial charge < -0.3 is 4.74 Å². The first-order chi connectivity index (χ1) is 15.5. The molecule has 4 aromatic rings. The standard InChI is InChI=1S/C25H17FI2N2O2/c26-20-10-8-18(9-11-20)25(31)30-29-14-16-12-22(27)24(23(28)13-16)32-15-19-6-3-5-17-4-1-2-7-21(17)19/h1-14H,15H2,(H,30,31)/b29-14-. The Bertz CT molecular complexity index is 1280. The zero-order valence-electron chi connectivity index (χ0n) is 16.7. The number of amides is 1. The second-order valence-corrected chi connectivity index (χ2v) is 9.27. The molecule has 0 saturated heterocycles. The lowest BCUT2D eigenvalue weighted by atomic mass is 10.1. The van der Waals surface area contributed by atoms with Crippen molar-refractivity contribution in [2.75, 3.05) is 0 Å². The normalized spacial score (nSPS) is 11.1. The van der Waals surface area contributed by atoms with Crippen LogP contribution in [0.25, 0.3) is 10.8 Å². The van der Waals surface area contributed by atoms with E-state index in [2.05, 4.69) is 80.0 Å². The summed E-state index contributed by atoms with van der Waals surface area (Å²) in [5.41, 5.74) is 4.75. The number of hydrogen-bond donors (Lipinski definition) is 1. The van der Waals surface area contributed by atoms with Gasteiger partial charge in [0.1, 0.15) is 18.2 Å². The summed E-state index contributed by atoms with van der Waals surface area (Å²) in [5.74, 6) is 0.0179.